The highest BCUT2D eigenvalue weighted by atomic mass is 32.1. The van der Waals surface area contributed by atoms with E-state index in [1.165, 1.54) is 20.8 Å². The molecule has 0 aliphatic carbocycles. The van der Waals surface area contributed by atoms with E-state index in [-0.39, 0.29) is 108 Å². The van der Waals surface area contributed by atoms with E-state index in [1.54, 1.807) is 17.0 Å². The molecule has 0 radical (unpaired) electrons. The van der Waals surface area contributed by atoms with Crippen LogP contribution in [0.15, 0.2) is 66.7 Å². The zero-order chi connectivity index (χ0) is 64.3. The lowest BCUT2D eigenvalue weighted by atomic mass is 9.86. The third-order valence-corrected chi connectivity index (χ3v) is 19.6. The van der Waals surface area contributed by atoms with Gasteiger partial charge in [0.1, 0.15) is 30.2 Å². The van der Waals surface area contributed by atoms with Crippen LogP contribution in [0, 0.1) is 5.92 Å². The predicted octanol–water partition coefficient (Wildman–Crippen LogP) is 5.22. The number of thiophene rings is 1. The van der Waals surface area contributed by atoms with Gasteiger partial charge in [0.15, 0.2) is 0 Å². The van der Waals surface area contributed by atoms with E-state index >= 15 is 0 Å². The average Bonchev–Trinajstić information content (AvgIpc) is 1.77. The molecule has 9 N–H and O–H groups in total. The molecule has 5 aliphatic heterocycles. The first-order valence-corrected chi connectivity index (χ1v) is 32.4. The molecule has 9 amide bonds. The van der Waals surface area contributed by atoms with Gasteiger partial charge in [-0.25, -0.2) is 8.78 Å². The Bertz CT molecular complexity index is 3430. The first-order valence-electron chi connectivity index (χ1n) is 29.9. The number of rotatable bonds is 22. The van der Waals surface area contributed by atoms with Crippen molar-refractivity contribution in [3.63, 3.8) is 0 Å². The highest BCUT2D eigenvalue weighted by Crippen LogP contribution is 2.59. The van der Waals surface area contributed by atoms with Crippen molar-refractivity contribution in [2.24, 2.45) is 11.7 Å². The van der Waals surface area contributed by atoms with Crippen LogP contribution in [0.4, 0.5) is 23.2 Å². The molecule has 1 unspecified atom stereocenters. The van der Waals surface area contributed by atoms with Crippen LogP contribution in [0.1, 0.15) is 134 Å². The summed E-state index contributed by atoms with van der Waals surface area (Å²) in [7, 11) is -5.93. The number of amides is 9. The molecular formula is C61H75F4N10O12PS. The van der Waals surface area contributed by atoms with Crippen molar-refractivity contribution in [1.29, 1.82) is 0 Å². The summed E-state index contributed by atoms with van der Waals surface area (Å²) in [6, 6.07) is 10.3. The SMILES string of the molecule is CC(C)(C)c1ccc(C[C@H](NC(=O)[C@H](CCC(N)=O)NC(=O)[C@@H]2CC[C@@H]3CCN(CC(F)F)C[C@H](NC(=O)c4cc5cc(C(F)(F)P(=O)(O)O)ccc5s4)C(=O)N32)C(=O)N2CCC(CCCNc3cccc4c3CN(C3CCC(=O)NC3=O)C4=O)CC2)cc1. The number of fused-ring (bicyclic) bond motifs is 3. The number of benzene rings is 3. The largest absolute Gasteiger partial charge is 0.399 e. The molecule has 480 valence electrons. The summed E-state index contributed by atoms with van der Waals surface area (Å²) < 4.78 is 69.1. The first kappa shape index (κ1) is 66.1. The summed E-state index contributed by atoms with van der Waals surface area (Å²) >= 11 is 0.817. The number of nitrogens with two attached hydrogens (primary N) is 1. The first-order chi connectivity index (χ1) is 42.1. The fourth-order valence-electron chi connectivity index (χ4n) is 12.6. The predicted molar refractivity (Wildman–Crippen MR) is 320 cm³/mol. The molecule has 89 heavy (non-hydrogen) atoms. The lowest BCUT2D eigenvalue weighted by molar-refractivity contribution is -0.144. The number of nitrogens with zero attached hydrogens (tertiary/aromatic N) is 4. The summed E-state index contributed by atoms with van der Waals surface area (Å²) in [5, 5.41) is 14.0. The molecule has 0 bridgehead atoms. The van der Waals surface area contributed by atoms with Gasteiger partial charge in [0.2, 0.25) is 41.4 Å². The Morgan fingerprint density at radius 1 is 0.865 bits per heavy atom. The molecule has 22 nitrogen and oxygen atoms in total. The molecule has 9 rings (SSSR count). The smallest absolute Gasteiger partial charge is 0.385 e. The number of primary amides is 1. The Labute approximate surface area is 515 Å². The Balaban J connectivity index is 0.861. The molecule has 28 heteroatoms. The van der Waals surface area contributed by atoms with Gasteiger partial charge >= 0.3 is 13.3 Å². The number of piperidine rings is 2. The maximum absolute atomic E-state index is 14.8. The monoisotopic (exact) mass is 1280 g/mol. The fraction of sp³-hybridized carbons (Fsp3) is 0.525. The number of hydrogen-bond acceptors (Lipinski definition) is 13. The van der Waals surface area contributed by atoms with Crippen molar-refractivity contribution < 1.29 is 75.1 Å². The van der Waals surface area contributed by atoms with Gasteiger partial charge in [0.25, 0.3) is 18.2 Å². The number of hydrogen-bond donors (Lipinski definition) is 8. The number of anilines is 1. The molecule has 4 aromatic rings. The van der Waals surface area contributed by atoms with Gasteiger partial charge in [0.05, 0.1) is 11.4 Å². The standard InChI is InChI=1S/C61H75F4N10O12PS/c1-60(2,3)37-11-9-35(10-12-37)28-44(58(83)73-26-21-34(22-27-73)6-5-24-67-42-8-4-7-40-41(42)31-74(57(40)82)46-17-20-52(77)71-54(46)79)69-53(78)43(15-19-51(66)76)68-55(80)47-16-14-39-23-25-72(33-50(62)63)32-45(59(84)75(39)47)70-56(81)49-30-36-29-38(13-18-48(36)89-49)61(64,65)88(85,86)87/h4,7-13,18,29-30,34,39,43-47,50,67H,5-6,14-17,19-28,31-33H2,1-3H3,(H2,66,76)(H,68,80)(H,69,78)(H,70,81)(H,71,77,79)(H2,85,86,87)/t39-,43+,44+,45+,46?,47+/m1/s1. The molecule has 6 heterocycles. The van der Waals surface area contributed by atoms with Gasteiger partial charge < -0.3 is 51.5 Å². The number of carbonyl (C=O) groups excluding carboxylic acids is 9. The van der Waals surface area contributed by atoms with Gasteiger partial charge in [-0.1, -0.05) is 57.2 Å². The van der Waals surface area contributed by atoms with E-state index < -0.39 is 110 Å². The molecule has 4 fully saturated rings. The minimum atomic E-state index is -5.93. The second kappa shape index (κ2) is 27.4. The van der Waals surface area contributed by atoms with E-state index in [0.717, 1.165) is 64.8 Å². The van der Waals surface area contributed by atoms with Crippen LogP contribution in [0.3, 0.4) is 0 Å². The van der Waals surface area contributed by atoms with Crippen molar-refractivity contribution in [2.45, 2.75) is 158 Å². The summed E-state index contributed by atoms with van der Waals surface area (Å²) in [4.78, 5) is 147. The molecule has 1 aromatic heterocycles. The van der Waals surface area contributed by atoms with Crippen LogP contribution < -0.4 is 32.3 Å². The average molecular weight is 1280 g/mol. The summed E-state index contributed by atoms with van der Waals surface area (Å²) in [6.45, 7) is 6.66. The normalized spacial score (nSPS) is 21.2. The molecule has 3 aromatic carbocycles. The Morgan fingerprint density at radius 3 is 2.26 bits per heavy atom. The van der Waals surface area contributed by atoms with Crippen LogP contribution >= 0.6 is 18.9 Å². The molecule has 0 spiro atoms. The fourth-order valence-corrected chi connectivity index (χ4v) is 14.0. The van der Waals surface area contributed by atoms with Crippen molar-refractivity contribution in [1.82, 2.24) is 40.9 Å². The molecule has 5 aliphatic rings. The zero-order valence-electron chi connectivity index (χ0n) is 49.6. The van der Waals surface area contributed by atoms with Crippen molar-refractivity contribution in [2.75, 3.05) is 44.6 Å². The molecule has 4 saturated heterocycles. The van der Waals surface area contributed by atoms with Gasteiger partial charge in [0, 0.05) is 91.7 Å². The lowest BCUT2D eigenvalue weighted by Crippen LogP contribution is -2.62. The number of likely N-dealkylation sites (tertiary alicyclic amines) is 1. The Kier molecular flexibility index (Phi) is 20.4. The van der Waals surface area contributed by atoms with Gasteiger partial charge in [-0.05, 0) is 116 Å². The minimum absolute atomic E-state index is 0.0300. The van der Waals surface area contributed by atoms with E-state index in [9.17, 15) is 75.1 Å². The van der Waals surface area contributed by atoms with Gasteiger partial charge in [-0.15, -0.1) is 11.3 Å². The Morgan fingerprint density at radius 2 is 1.58 bits per heavy atom. The number of carbonyl (C=O) groups is 9. The molecular weight excluding hydrogens is 1200 g/mol. The zero-order valence-corrected chi connectivity index (χ0v) is 51.3. The number of imide groups is 1. The van der Waals surface area contributed by atoms with Crippen molar-refractivity contribution in [3.05, 3.63) is 99.4 Å². The Hall–Kier alpha value is -7.32. The second-order valence-corrected chi connectivity index (χ2v) is 27.5. The van der Waals surface area contributed by atoms with Crippen molar-refractivity contribution in [3.8, 4) is 0 Å². The van der Waals surface area contributed by atoms with Crippen LogP contribution in [-0.2, 0) is 62.2 Å². The van der Waals surface area contributed by atoms with E-state index in [0.29, 0.717) is 38.0 Å². The number of halogens is 4. The minimum Gasteiger partial charge on any atom is -0.385 e. The molecule has 0 saturated carbocycles. The summed E-state index contributed by atoms with van der Waals surface area (Å²) in [5.41, 5.74) is 3.71. The third kappa shape index (κ3) is 15.5. The third-order valence-electron chi connectivity index (χ3n) is 17.5. The van der Waals surface area contributed by atoms with Crippen molar-refractivity contribution >= 4 is 87.9 Å². The quantitative estimate of drug-likeness (QED) is 0.0217. The molecule has 6 atom stereocenters. The van der Waals surface area contributed by atoms with Crippen LogP contribution in [0.25, 0.3) is 10.1 Å². The number of alkyl halides is 4. The maximum Gasteiger partial charge on any atom is 0.399 e. The summed E-state index contributed by atoms with van der Waals surface area (Å²) in [5.74, 6) is -5.29. The topological polar surface area (TPSA) is 310 Å². The van der Waals surface area contributed by atoms with E-state index in [1.807, 2.05) is 30.3 Å². The van der Waals surface area contributed by atoms with E-state index in [2.05, 4.69) is 47.4 Å². The lowest BCUT2D eigenvalue weighted by Gasteiger charge is -2.39. The second-order valence-electron chi connectivity index (χ2n) is 24.8. The maximum atomic E-state index is 14.8. The summed E-state index contributed by atoms with van der Waals surface area (Å²) in [6.07, 6.45) is 0.402. The highest BCUT2D eigenvalue weighted by Gasteiger charge is 2.51. The van der Waals surface area contributed by atoms with E-state index in [4.69, 9.17) is 5.73 Å². The van der Waals surface area contributed by atoms with Crippen LogP contribution in [0.5, 0.6) is 0 Å². The number of nitrogens with one attached hydrogen (secondary N) is 5. The highest BCUT2D eigenvalue weighted by molar-refractivity contribution is 7.52. The van der Waals surface area contributed by atoms with Gasteiger partial charge in [-0.2, -0.15) is 8.78 Å². The van der Waals surface area contributed by atoms with Crippen LogP contribution in [-0.4, -0.2) is 164 Å². The van der Waals surface area contributed by atoms with Gasteiger partial charge in [-0.3, -0.25) is 57.9 Å². The van der Waals surface area contributed by atoms with Crippen LogP contribution in [0.2, 0.25) is 0 Å².